The van der Waals surface area contributed by atoms with Gasteiger partial charge in [-0.25, -0.2) is 4.79 Å². The number of hydrogen-bond acceptors (Lipinski definition) is 4. The summed E-state index contributed by atoms with van der Waals surface area (Å²) in [6, 6.07) is 10.1. The average molecular weight is 304 g/mol. The number of carbonyl (C=O) groups is 1. The minimum Gasteiger partial charge on any atom is -0.483 e. The maximum absolute atomic E-state index is 11.5. The van der Waals surface area contributed by atoms with Crippen molar-refractivity contribution >= 4 is 5.97 Å². The topological polar surface area (TPSA) is 44.8 Å². The van der Waals surface area contributed by atoms with Gasteiger partial charge in [-0.2, -0.15) is 0 Å². The van der Waals surface area contributed by atoms with Crippen molar-refractivity contribution in [3.05, 3.63) is 47.7 Å². The molecule has 2 atom stereocenters. The second kappa shape index (κ2) is 8.59. The van der Waals surface area contributed by atoms with Gasteiger partial charge >= 0.3 is 5.97 Å². The number of methoxy groups -OCH3 is 1. The fourth-order valence-corrected chi connectivity index (χ4v) is 2.50. The number of ether oxygens (including phenoxy) is 3. The van der Waals surface area contributed by atoms with Gasteiger partial charge in [0.15, 0.2) is 0 Å². The molecule has 0 aromatic heterocycles. The van der Waals surface area contributed by atoms with Crippen LogP contribution in [0.15, 0.2) is 42.2 Å². The second-order valence-corrected chi connectivity index (χ2v) is 5.61. The van der Waals surface area contributed by atoms with Crippen LogP contribution in [0.25, 0.3) is 0 Å². The van der Waals surface area contributed by atoms with E-state index in [1.54, 1.807) is 0 Å². The van der Waals surface area contributed by atoms with Crippen LogP contribution < -0.4 is 0 Å². The van der Waals surface area contributed by atoms with Gasteiger partial charge in [-0.1, -0.05) is 37.3 Å². The van der Waals surface area contributed by atoms with E-state index in [1.165, 1.54) is 12.7 Å². The molecule has 120 valence electrons. The first-order valence-corrected chi connectivity index (χ1v) is 7.77. The van der Waals surface area contributed by atoms with Crippen LogP contribution in [0.5, 0.6) is 0 Å². The predicted octanol–water partition coefficient (Wildman–Crippen LogP) is 3.47. The lowest BCUT2D eigenvalue weighted by Gasteiger charge is -2.29. The van der Waals surface area contributed by atoms with E-state index in [2.05, 4.69) is 19.1 Å². The van der Waals surface area contributed by atoms with Crippen molar-refractivity contribution in [1.29, 1.82) is 0 Å². The summed E-state index contributed by atoms with van der Waals surface area (Å²) in [6.07, 6.45) is 4.51. The number of allylic oxidation sites excluding steroid dienone is 1. The van der Waals surface area contributed by atoms with E-state index < -0.39 is 5.97 Å². The average Bonchev–Trinajstić information content (AvgIpc) is 2.56. The van der Waals surface area contributed by atoms with Crippen LogP contribution in [0.1, 0.15) is 31.7 Å². The standard InChI is InChI=1S/C18H24O4/c1-14-10-11-17(18(19)20-2)22-16(14)9-6-12-21-13-15-7-4-3-5-8-15/h3-5,7-8,11,14,16H,6,9-10,12-13H2,1-2H3/t14-,16+/m0/s1. The first-order chi connectivity index (χ1) is 10.7. The van der Waals surface area contributed by atoms with Crippen molar-refractivity contribution in [2.24, 2.45) is 5.92 Å². The van der Waals surface area contributed by atoms with Crippen LogP contribution in [0.2, 0.25) is 0 Å². The van der Waals surface area contributed by atoms with E-state index in [9.17, 15) is 4.79 Å². The van der Waals surface area contributed by atoms with Gasteiger partial charge in [0, 0.05) is 6.61 Å². The Bertz CT molecular complexity index is 495. The molecule has 0 radical (unpaired) electrons. The fourth-order valence-electron chi connectivity index (χ4n) is 2.50. The third-order valence-corrected chi connectivity index (χ3v) is 3.86. The van der Waals surface area contributed by atoms with Gasteiger partial charge in [0.1, 0.15) is 6.10 Å². The lowest BCUT2D eigenvalue weighted by molar-refractivity contribution is -0.142. The van der Waals surface area contributed by atoms with Gasteiger partial charge in [0.05, 0.1) is 13.7 Å². The highest BCUT2D eigenvalue weighted by Crippen LogP contribution is 2.26. The summed E-state index contributed by atoms with van der Waals surface area (Å²) < 4.78 is 16.1. The second-order valence-electron chi connectivity index (χ2n) is 5.61. The summed E-state index contributed by atoms with van der Waals surface area (Å²) in [7, 11) is 1.37. The van der Waals surface area contributed by atoms with E-state index in [0.717, 1.165) is 19.3 Å². The van der Waals surface area contributed by atoms with Crippen LogP contribution in [0.3, 0.4) is 0 Å². The Kier molecular flexibility index (Phi) is 6.46. The zero-order valence-electron chi connectivity index (χ0n) is 13.3. The number of esters is 1. The monoisotopic (exact) mass is 304 g/mol. The SMILES string of the molecule is COC(=O)C1=CC[C@H](C)[C@@H](CCCOCc2ccccc2)O1. The minimum atomic E-state index is -0.391. The number of rotatable bonds is 7. The molecule has 22 heavy (non-hydrogen) atoms. The summed E-state index contributed by atoms with van der Waals surface area (Å²) >= 11 is 0. The lowest BCUT2D eigenvalue weighted by Crippen LogP contribution is -2.28. The van der Waals surface area contributed by atoms with Gasteiger partial charge in [0.25, 0.3) is 0 Å². The molecule has 0 saturated heterocycles. The molecule has 1 aromatic rings. The molecule has 0 N–H and O–H groups in total. The summed E-state index contributed by atoms with van der Waals surface area (Å²) in [4.78, 5) is 11.5. The Balaban J connectivity index is 1.68. The molecule has 1 aromatic carbocycles. The summed E-state index contributed by atoms with van der Waals surface area (Å²) in [6.45, 7) is 3.47. The van der Waals surface area contributed by atoms with Gasteiger partial charge in [-0.05, 0) is 36.8 Å². The normalized spacial score (nSPS) is 20.9. The van der Waals surface area contributed by atoms with Crippen molar-refractivity contribution in [1.82, 2.24) is 0 Å². The zero-order chi connectivity index (χ0) is 15.8. The number of hydrogen-bond donors (Lipinski definition) is 0. The number of benzene rings is 1. The fraction of sp³-hybridized carbons (Fsp3) is 0.500. The molecule has 0 saturated carbocycles. The smallest absolute Gasteiger partial charge is 0.372 e. The highest BCUT2D eigenvalue weighted by atomic mass is 16.6. The Morgan fingerprint density at radius 2 is 2.09 bits per heavy atom. The molecule has 0 aliphatic carbocycles. The van der Waals surface area contributed by atoms with Gasteiger partial charge in [-0.15, -0.1) is 0 Å². The highest BCUT2D eigenvalue weighted by Gasteiger charge is 2.26. The summed E-state index contributed by atoms with van der Waals surface area (Å²) in [5, 5.41) is 0. The van der Waals surface area contributed by atoms with Gasteiger partial charge in [0.2, 0.25) is 5.76 Å². The molecule has 0 fully saturated rings. The first-order valence-electron chi connectivity index (χ1n) is 7.77. The Morgan fingerprint density at radius 3 is 2.82 bits per heavy atom. The van der Waals surface area contributed by atoms with Crippen molar-refractivity contribution in [3.63, 3.8) is 0 Å². The Labute approximate surface area is 132 Å². The molecule has 1 aliphatic rings. The van der Waals surface area contributed by atoms with Crippen LogP contribution in [0, 0.1) is 5.92 Å². The van der Waals surface area contributed by atoms with Gasteiger partial charge < -0.3 is 14.2 Å². The summed E-state index contributed by atoms with van der Waals surface area (Å²) in [5.74, 6) is 0.357. The molecule has 2 rings (SSSR count). The van der Waals surface area contributed by atoms with Crippen molar-refractivity contribution in [3.8, 4) is 0 Å². The largest absolute Gasteiger partial charge is 0.483 e. The van der Waals surface area contributed by atoms with Gasteiger partial charge in [-0.3, -0.25) is 0 Å². The maximum atomic E-state index is 11.5. The highest BCUT2D eigenvalue weighted by molar-refractivity contribution is 5.86. The molecule has 1 heterocycles. The van der Waals surface area contributed by atoms with Crippen molar-refractivity contribution < 1.29 is 19.0 Å². The molecule has 0 bridgehead atoms. The first kappa shape index (κ1) is 16.6. The van der Waals surface area contributed by atoms with Crippen molar-refractivity contribution in [2.75, 3.05) is 13.7 Å². The number of carbonyl (C=O) groups excluding carboxylic acids is 1. The molecule has 4 nitrogen and oxygen atoms in total. The maximum Gasteiger partial charge on any atom is 0.372 e. The Morgan fingerprint density at radius 1 is 1.32 bits per heavy atom. The van der Waals surface area contributed by atoms with E-state index in [-0.39, 0.29) is 6.10 Å². The molecular formula is C18H24O4. The predicted molar refractivity (Wildman–Crippen MR) is 84.1 cm³/mol. The molecule has 0 amide bonds. The Hall–Kier alpha value is -1.81. The zero-order valence-corrected chi connectivity index (χ0v) is 13.3. The van der Waals surface area contributed by atoms with E-state index in [4.69, 9.17) is 14.2 Å². The van der Waals surface area contributed by atoms with Crippen LogP contribution in [0.4, 0.5) is 0 Å². The van der Waals surface area contributed by atoms with Crippen LogP contribution in [-0.4, -0.2) is 25.8 Å². The van der Waals surface area contributed by atoms with E-state index >= 15 is 0 Å². The molecule has 4 heteroatoms. The third-order valence-electron chi connectivity index (χ3n) is 3.86. The molecule has 1 aliphatic heterocycles. The third kappa shape index (κ3) is 4.88. The van der Waals surface area contributed by atoms with Crippen molar-refractivity contribution in [2.45, 2.75) is 38.9 Å². The lowest BCUT2D eigenvalue weighted by atomic mass is 9.94. The summed E-state index contributed by atoms with van der Waals surface area (Å²) in [5.41, 5.74) is 1.18. The molecule has 0 spiro atoms. The molecule has 0 unspecified atom stereocenters. The van der Waals surface area contributed by atoms with Crippen LogP contribution >= 0.6 is 0 Å². The van der Waals surface area contributed by atoms with Crippen LogP contribution in [-0.2, 0) is 25.6 Å². The minimum absolute atomic E-state index is 0.0550. The van der Waals surface area contributed by atoms with E-state index in [1.807, 2.05) is 24.3 Å². The molecular weight excluding hydrogens is 280 g/mol. The van der Waals surface area contributed by atoms with E-state index in [0.29, 0.717) is 24.9 Å². The quantitative estimate of drug-likeness (QED) is 0.571.